The van der Waals surface area contributed by atoms with E-state index >= 15 is 0 Å². The van der Waals surface area contributed by atoms with Crippen molar-refractivity contribution in [2.75, 3.05) is 19.5 Å². The molecule has 1 aromatic rings. The van der Waals surface area contributed by atoms with E-state index in [4.69, 9.17) is 24.4 Å². The first-order valence-corrected chi connectivity index (χ1v) is 11.6. The van der Waals surface area contributed by atoms with Crippen LogP contribution < -0.4 is 11.1 Å². The summed E-state index contributed by atoms with van der Waals surface area (Å²) >= 11 is 0. The topological polar surface area (TPSA) is 206 Å². The van der Waals surface area contributed by atoms with Gasteiger partial charge in [0.15, 0.2) is 5.76 Å². The number of furan rings is 1. The number of nitrogens with zero attached hydrogens (tertiary/aromatic N) is 2. The molecule has 194 valence electrons. The predicted molar refractivity (Wildman–Crippen MR) is 118 cm³/mol. The molecule has 1 aromatic heterocycles. The van der Waals surface area contributed by atoms with Crippen LogP contribution in [0.1, 0.15) is 19.6 Å². The van der Waals surface area contributed by atoms with Gasteiger partial charge in [-0.25, -0.2) is 9.59 Å². The van der Waals surface area contributed by atoms with Crippen LogP contribution in [-0.4, -0.2) is 81.8 Å². The fraction of sp³-hybridized carbons (Fsp3) is 0.400. The number of carbonyl (C=O) groups excluding carboxylic acids is 5. The number of ether oxygens (including phenoxy) is 3. The Bertz CT molecular complexity index is 1160. The summed E-state index contributed by atoms with van der Waals surface area (Å²) in [5.74, 6) is -3.75. The maximum absolute atomic E-state index is 13.0. The minimum absolute atomic E-state index is 0.0150. The molecule has 16 heteroatoms. The second kappa shape index (κ2) is 11.0. The van der Waals surface area contributed by atoms with E-state index in [1.165, 1.54) is 32.4 Å². The van der Waals surface area contributed by atoms with Crippen LogP contribution in [0.4, 0.5) is 4.79 Å². The number of carbonyl (C=O) groups is 5. The highest BCUT2D eigenvalue weighted by atomic mass is 32.2. The molecule has 0 spiro atoms. The molecule has 1 unspecified atom stereocenters. The van der Waals surface area contributed by atoms with Crippen LogP contribution in [0.15, 0.2) is 39.2 Å². The second-order valence-electron chi connectivity index (χ2n) is 7.32. The highest BCUT2D eigenvalue weighted by Gasteiger charge is 2.58. The molecule has 0 aliphatic carbocycles. The normalized spacial score (nSPS) is 22.1. The average molecular weight is 526 g/mol. The lowest BCUT2D eigenvalue weighted by Gasteiger charge is -2.49. The van der Waals surface area contributed by atoms with Crippen LogP contribution in [0.25, 0.3) is 0 Å². The fourth-order valence-electron chi connectivity index (χ4n) is 3.49. The fourth-order valence-corrected chi connectivity index (χ4v) is 5.15. The first-order chi connectivity index (χ1) is 17.0. The second-order valence-corrected chi connectivity index (χ2v) is 8.85. The monoisotopic (exact) mass is 526 g/mol. The van der Waals surface area contributed by atoms with E-state index in [0.29, 0.717) is 0 Å². The van der Waals surface area contributed by atoms with Crippen LogP contribution >= 0.6 is 0 Å². The van der Waals surface area contributed by atoms with Crippen LogP contribution in [0.5, 0.6) is 0 Å². The molecule has 3 amide bonds. The van der Waals surface area contributed by atoms with Gasteiger partial charge in [0.25, 0.3) is 11.8 Å². The summed E-state index contributed by atoms with van der Waals surface area (Å²) in [7, 11) is -0.634. The van der Waals surface area contributed by atoms with Gasteiger partial charge in [0.2, 0.25) is 12.0 Å². The van der Waals surface area contributed by atoms with Crippen molar-refractivity contribution < 1.29 is 51.6 Å². The standard InChI is InChI=1S/C20H22N4O11S/c1-9(25)34-10(2)35-19(28)15-11(7-33-20(21)29)8-36(30)18-14(17(27)24(15)18)22-16(26)13(23-31-3)12-5-4-6-32-12/h4-6,10,14,18H,7-8H2,1-3H3,(H2,21,29)(H,22,26)/b23-13-/t10?,14-,18-,36+/m1/s1. The third-order valence-electron chi connectivity index (χ3n) is 4.83. The van der Waals surface area contributed by atoms with Crippen LogP contribution in [-0.2, 0) is 49.0 Å². The first-order valence-electron chi connectivity index (χ1n) is 10.2. The molecule has 1 saturated heterocycles. The molecular weight excluding hydrogens is 504 g/mol. The Balaban J connectivity index is 1.87. The maximum Gasteiger partial charge on any atom is 0.404 e. The summed E-state index contributed by atoms with van der Waals surface area (Å²) < 4.78 is 32.7. The highest BCUT2D eigenvalue weighted by Crippen LogP contribution is 2.35. The van der Waals surface area contributed by atoms with Crippen molar-refractivity contribution in [3.8, 4) is 0 Å². The van der Waals surface area contributed by atoms with Crippen molar-refractivity contribution >= 4 is 46.4 Å². The molecule has 36 heavy (non-hydrogen) atoms. The number of oxime groups is 1. The Kier molecular flexibility index (Phi) is 8.08. The van der Waals surface area contributed by atoms with E-state index < -0.39 is 65.0 Å². The van der Waals surface area contributed by atoms with E-state index in [0.717, 1.165) is 11.8 Å². The van der Waals surface area contributed by atoms with Crippen molar-refractivity contribution in [1.82, 2.24) is 10.2 Å². The predicted octanol–water partition coefficient (Wildman–Crippen LogP) is -1.15. The Labute approximate surface area is 205 Å². The molecule has 0 saturated carbocycles. The quantitative estimate of drug-likeness (QED) is 0.129. The van der Waals surface area contributed by atoms with E-state index in [1.807, 2.05) is 0 Å². The minimum Gasteiger partial charge on any atom is -0.462 e. The molecule has 0 aromatic carbocycles. The third-order valence-corrected chi connectivity index (χ3v) is 6.49. The number of nitrogens with two attached hydrogens (primary N) is 1. The summed E-state index contributed by atoms with van der Waals surface area (Å²) in [6.45, 7) is 1.82. The summed E-state index contributed by atoms with van der Waals surface area (Å²) in [5.41, 5.74) is 4.32. The molecule has 0 radical (unpaired) electrons. The van der Waals surface area contributed by atoms with Crippen molar-refractivity contribution in [2.45, 2.75) is 31.6 Å². The number of fused-ring (bicyclic) bond motifs is 1. The lowest BCUT2D eigenvalue weighted by molar-refractivity contribution is -0.182. The Hall–Kier alpha value is -4.21. The van der Waals surface area contributed by atoms with Gasteiger partial charge in [-0.15, -0.1) is 0 Å². The van der Waals surface area contributed by atoms with E-state index in [1.54, 1.807) is 0 Å². The van der Waals surface area contributed by atoms with Gasteiger partial charge >= 0.3 is 18.0 Å². The van der Waals surface area contributed by atoms with Crippen molar-refractivity contribution in [3.63, 3.8) is 0 Å². The van der Waals surface area contributed by atoms with E-state index in [9.17, 15) is 28.2 Å². The molecular formula is C20H22N4O11S. The molecule has 3 rings (SSSR count). The number of amides is 3. The number of β-lactam (4-membered cyclic amide) rings is 1. The molecule has 0 bridgehead atoms. The third kappa shape index (κ3) is 5.54. The zero-order valence-electron chi connectivity index (χ0n) is 19.2. The van der Waals surface area contributed by atoms with Gasteiger partial charge in [0, 0.05) is 19.4 Å². The van der Waals surface area contributed by atoms with E-state index in [2.05, 4.69) is 15.3 Å². The molecule has 3 heterocycles. The molecule has 4 atom stereocenters. The average Bonchev–Trinajstić information content (AvgIpc) is 3.32. The van der Waals surface area contributed by atoms with Crippen molar-refractivity contribution in [2.24, 2.45) is 10.9 Å². The number of rotatable bonds is 9. The van der Waals surface area contributed by atoms with Gasteiger partial charge < -0.3 is 34.5 Å². The van der Waals surface area contributed by atoms with Crippen LogP contribution in [0.3, 0.4) is 0 Å². The first kappa shape index (κ1) is 26.4. The number of esters is 2. The summed E-state index contributed by atoms with van der Waals surface area (Å²) in [6, 6.07) is 1.65. The Morgan fingerprint density at radius 1 is 1.33 bits per heavy atom. The van der Waals surface area contributed by atoms with Gasteiger partial charge in [-0.3, -0.25) is 23.5 Å². The van der Waals surface area contributed by atoms with E-state index in [-0.39, 0.29) is 28.5 Å². The largest absolute Gasteiger partial charge is 0.462 e. The number of nitrogens with one attached hydrogen (secondary N) is 1. The van der Waals surface area contributed by atoms with Crippen LogP contribution in [0.2, 0.25) is 0 Å². The molecule has 15 nitrogen and oxygen atoms in total. The number of hydrogen-bond acceptors (Lipinski definition) is 12. The zero-order valence-corrected chi connectivity index (χ0v) is 20.1. The zero-order chi connectivity index (χ0) is 26.6. The van der Waals surface area contributed by atoms with Gasteiger partial charge in [0.05, 0.1) is 22.8 Å². The highest BCUT2D eigenvalue weighted by molar-refractivity contribution is 7.86. The van der Waals surface area contributed by atoms with Gasteiger partial charge in [-0.2, -0.15) is 0 Å². The SMILES string of the molecule is CO/N=C(\C(=O)N[C@@H]1C(=O)N2C(C(=O)OC(C)OC(C)=O)=C(COC(N)=O)C[S@](=O)[C@H]12)c1ccco1. The maximum atomic E-state index is 13.0. The van der Waals surface area contributed by atoms with Gasteiger partial charge in [-0.1, -0.05) is 5.16 Å². The summed E-state index contributed by atoms with van der Waals surface area (Å²) in [4.78, 5) is 66.5. The Morgan fingerprint density at radius 2 is 2.06 bits per heavy atom. The van der Waals surface area contributed by atoms with Gasteiger partial charge in [0.1, 0.15) is 30.8 Å². The lowest BCUT2D eigenvalue weighted by atomic mass is 10.0. The molecule has 2 aliphatic rings. The molecule has 3 N–H and O–H groups in total. The number of primary amides is 1. The van der Waals surface area contributed by atoms with Gasteiger partial charge in [-0.05, 0) is 12.1 Å². The lowest BCUT2D eigenvalue weighted by Crippen LogP contribution is -2.74. The van der Waals surface area contributed by atoms with Crippen molar-refractivity contribution in [3.05, 3.63) is 35.4 Å². The van der Waals surface area contributed by atoms with Crippen molar-refractivity contribution in [1.29, 1.82) is 0 Å². The Morgan fingerprint density at radius 3 is 2.64 bits per heavy atom. The minimum atomic E-state index is -1.84. The summed E-state index contributed by atoms with van der Waals surface area (Å²) in [5, 5.41) is 4.86. The molecule has 1 fully saturated rings. The summed E-state index contributed by atoms with van der Waals surface area (Å²) in [6.07, 6.45) is -1.19. The number of hydrogen-bond donors (Lipinski definition) is 2. The molecule has 2 aliphatic heterocycles. The smallest absolute Gasteiger partial charge is 0.404 e. The van der Waals surface area contributed by atoms with Crippen LogP contribution in [0, 0.1) is 0 Å².